The lowest BCUT2D eigenvalue weighted by molar-refractivity contribution is -0.138. The third-order valence-electron chi connectivity index (χ3n) is 2.91. The minimum Gasteiger partial charge on any atom is -0.480 e. The van der Waals surface area contributed by atoms with Crippen LogP contribution in [0.4, 0.5) is 10.5 Å². The lowest BCUT2D eigenvalue weighted by Gasteiger charge is -2.27. The van der Waals surface area contributed by atoms with Crippen LogP contribution in [0.25, 0.3) is 0 Å². The first-order valence-corrected chi connectivity index (χ1v) is 6.61. The zero-order valence-electron chi connectivity index (χ0n) is 11.5. The van der Waals surface area contributed by atoms with Crippen molar-refractivity contribution < 1.29 is 19.4 Å². The number of carboxylic acid groups (broad SMARTS) is 1. The summed E-state index contributed by atoms with van der Waals surface area (Å²) in [4.78, 5) is 24.8. The van der Waals surface area contributed by atoms with Gasteiger partial charge in [-0.15, -0.1) is 0 Å². The summed E-state index contributed by atoms with van der Waals surface area (Å²) in [6.45, 7) is 5.18. The number of benzene rings is 1. The highest BCUT2D eigenvalue weighted by Gasteiger charge is 2.41. The highest BCUT2D eigenvalue weighted by molar-refractivity contribution is 6.34. The molecule has 6 heteroatoms. The summed E-state index contributed by atoms with van der Waals surface area (Å²) in [6.07, 6.45) is -0.471. The fraction of sp³-hybridized carbons (Fsp3) is 0.429. The molecule has 108 valence electrons. The standard InChI is InChI=1S/C14H16ClNO4/c1-14(2,3)20-13(19)16-10(12(17)18)7-8-5-4-6-9(15)11(8)16/h4-6,10H,7H2,1-3H3,(H,17,18). The van der Waals surface area contributed by atoms with Gasteiger partial charge in [0.1, 0.15) is 11.6 Å². The number of carbonyl (C=O) groups is 2. The Hall–Kier alpha value is -1.75. The van der Waals surface area contributed by atoms with E-state index in [1.807, 2.05) is 0 Å². The van der Waals surface area contributed by atoms with Crippen LogP contribution in [0, 0.1) is 0 Å². The van der Waals surface area contributed by atoms with Gasteiger partial charge in [-0.05, 0) is 32.4 Å². The van der Waals surface area contributed by atoms with Crippen LogP contribution in [0.5, 0.6) is 0 Å². The van der Waals surface area contributed by atoms with Crippen molar-refractivity contribution in [3.63, 3.8) is 0 Å². The first-order valence-electron chi connectivity index (χ1n) is 6.23. The van der Waals surface area contributed by atoms with E-state index >= 15 is 0 Å². The summed E-state index contributed by atoms with van der Waals surface area (Å²) < 4.78 is 5.28. The van der Waals surface area contributed by atoms with E-state index in [-0.39, 0.29) is 6.42 Å². The second kappa shape index (κ2) is 4.98. The van der Waals surface area contributed by atoms with Crippen molar-refractivity contribution in [2.24, 2.45) is 0 Å². The normalized spacial score (nSPS) is 17.8. The lowest BCUT2D eigenvalue weighted by Crippen LogP contribution is -2.45. The largest absolute Gasteiger partial charge is 0.480 e. The lowest BCUT2D eigenvalue weighted by atomic mass is 10.1. The van der Waals surface area contributed by atoms with E-state index in [2.05, 4.69) is 0 Å². The van der Waals surface area contributed by atoms with Crippen LogP contribution < -0.4 is 4.90 Å². The molecule has 1 aromatic carbocycles. The fourth-order valence-electron chi connectivity index (χ4n) is 2.18. The van der Waals surface area contributed by atoms with Gasteiger partial charge in [0, 0.05) is 6.42 Å². The van der Waals surface area contributed by atoms with Crippen molar-refractivity contribution in [1.29, 1.82) is 0 Å². The topological polar surface area (TPSA) is 66.8 Å². The molecule has 1 aliphatic rings. The third-order valence-corrected chi connectivity index (χ3v) is 3.22. The molecule has 1 N–H and O–H groups in total. The molecule has 1 aliphatic heterocycles. The predicted molar refractivity (Wildman–Crippen MR) is 75.3 cm³/mol. The van der Waals surface area contributed by atoms with E-state index in [0.29, 0.717) is 10.7 Å². The second-order valence-electron chi connectivity index (χ2n) is 5.66. The van der Waals surface area contributed by atoms with Gasteiger partial charge in [-0.3, -0.25) is 4.90 Å². The molecule has 1 aromatic rings. The quantitative estimate of drug-likeness (QED) is 0.865. The molecular weight excluding hydrogens is 282 g/mol. The van der Waals surface area contributed by atoms with Crippen molar-refractivity contribution in [2.45, 2.75) is 38.8 Å². The number of hydrogen-bond acceptors (Lipinski definition) is 3. The summed E-state index contributed by atoms with van der Waals surface area (Å²) in [5.41, 5.74) is 0.455. The number of carbonyl (C=O) groups excluding carboxylic acids is 1. The third kappa shape index (κ3) is 2.72. The Morgan fingerprint density at radius 3 is 2.60 bits per heavy atom. The van der Waals surface area contributed by atoms with E-state index < -0.39 is 23.7 Å². The van der Waals surface area contributed by atoms with Crippen LogP contribution in [0.3, 0.4) is 0 Å². The van der Waals surface area contributed by atoms with Gasteiger partial charge >= 0.3 is 12.1 Å². The Morgan fingerprint density at radius 2 is 2.05 bits per heavy atom. The minimum atomic E-state index is -1.08. The van der Waals surface area contributed by atoms with Crippen molar-refractivity contribution in [2.75, 3.05) is 4.90 Å². The van der Waals surface area contributed by atoms with Crippen LogP contribution in [0.15, 0.2) is 18.2 Å². The predicted octanol–water partition coefficient (Wildman–Crippen LogP) is 3.09. The maximum atomic E-state index is 12.3. The molecule has 20 heavy (non-hydrogen) atoms. The number of para-hydroxylation sites is 1. The van der Waals surface area contributed by atoms with Gasteiger partial charge in [-0.25, -0.2) is 9.59 Å². The zero-order chi connectivity index (χ0) is 15.1. The molecule has 2 rings (SSSR count). The molecule has 0 saturated heterocycles. The number of rotatable bonds is 1. The number of halogens is 1. The number of ether oxygens (including phenoxy) is 1. The number of hydrogen-bond donors (Lipinski definition) is 1. The molecular formula is C14H16ClNO4. The highest BCUT2D eigenvalue weighted by Crippen LogP contribution is 2.39. The Morgan fingerprint density at radius 1 is 1.40 bits per heavy atom. The van der Waals surface area contributed by atoms with Gasteiger partial charge in [-0.2, -0.15) is 0 Å². The molecule has 1 amide bonds. The molecule has 1 atom stereocenters. The molecule has 0 bridgehead atoms. The molecule has 0 fully saturated rings. The number of aliphatic carboxylic acids is 1. The molecule has 1 unspecified atom stereocenters. The summed E-state index contributed by atoms with van der Waals surface area (Å²) in [7, 11) is 0. The molecule has 0 aliphatic carbocycles. The zero-order valence-corrected chi connectivity index (χ0v) is 12.3. The van der Waals surface area contributed by atoms with Gasteiger partial charge in [0.2, 0.25) is 0 Å². The van der Waals surface area contributed by atoms with Crippen LogP contribution in [0.1, 0.15) is 26.3 Å². The molecule has 0 radical (unpaired) electrons. The van der Waals surface area contributed by atoms with Gasteiger partial charge < -0.3 is 9.84 Å². The monoisotopic (exact) mass is 297 g/mol. The van der Waals surface area contributed by atoms with E-state index in [1.165, 1.54) is 0 Å². The van der Waals surface area contributed by atoms with Crippen LogP contribution in [-0.2, 0) is 16.0 Å². The Balaban J connectivity index is 2.42. The average Bonchev–Trinajstić information content (AvgIpc) is 2.67. The molecule has 0 saturated carbocycles. The van der Waals surface area contributed by atoms with Gasteiger partial charge in [0.05, 0.1) is 10.7 Å². The van der Waals surface area contributed by atoms with E-state index in [4.69, 9.17) is 16.3 Å². The van der Waals surface area contributed by atoms with Crippen molar-refractivity contribution in [3.05, 3.63) is 28.8 Å². The molecule has 0 aromatic heterocycles. The summed E-state index contributed by atoms with van der Waals surface area (Å²) >= 11 is 6.11. The van der Waals surface area contributed by atoms with Gasteiger partial charge in [-0.1, -0.05) is 23.7 Å². The van der Waals surface area contributed by atoms with Crippen molar-refractivity contribution in [1.82, 2.24) is 0 Å². The number of amides is 1. The smallest absolute Gasteiger partial charge is 0.415 e. The molecule has 1 heterocycles. The Labute approximate surface area is 122 Å². The molecule has 0 spiro atoms. The highest BCUT2D eigenvalue weighted by atomic mass is 35.5. The maximum absolute atomic E-state index is 12.3. The van der Waals surface area contributed by atoms with Gasteiger partial charge in [0.25, 0.3) is 0 Å². The van der Waals surface area contributed by atoms with Crippen LogP contribution in [0.2, 0.25) is 5.02 Å². The first kappa shape index (κ1) is 14.7. The van der Waals surface area contributed by atoms with Gasteiger partial charge in [0.15, 0.2) is 0 Å². The number of carboxylic acids is 1. The number of fused-ring (bicyclic) bond motifs is 1. The Kier molecular flexibility index (Phi) is 3.65. The van der Waals surface area contributed by atoms with E-state index in [9.17, 15) is 14.7 Å². The van der Waals surface area contributed by atoms with Crippen molar-refractivity contribution in [3.8, 4) is 0 Å². The van der Waals surface area contributed by atoms with Crippen LogP contribution >= 0.6 is 11.6 Å². The fourth-order valence-corrected chi connectivity index (χ4v) is 2.46. The second-order valence-corrected chi connectivity index (χ2v) is 6.06. The minimum absolute atomic E-state index is 0.227. The van der Waals surface area contributed by atoms with E-state index in [1.54, 1.807) is 39.0 Å². The van der Waals surface area contributed by atoms with Crippen molar-refractivity contribution >= 4 is 29.4 Å². The van der Waals surface area contributed by atoms with Crippen LogP contribution in [-0.4, -0.2) is 28.8 Å². The summed E-state index contributed by atoms with van der Waals surface area (Å²) in [5.74, 6) is -1.08. The Bertz CT molecular complexity index is 565. The average molecular weight is 298 g/mol. The number of nitrogens with zero attached hydrogens (tertiary/aromatic N) is 1. The SMILES string of the molecule is CC(C)(C)OC(=O)N1c2c(Cl)cccc2CC1C(=O)O. The summed E-state index contributed by atoms with van der Waals surface area (Å²) in [5, 5.41) is 9.65. The first-order chi connectivity index (χ1) is 9.20. The molecule has 5 nitrogen and oxygen atoms in total. The maximum Gasteiger partial charge on any atom is 0.415 e. The number of anilines is 1. The summed E-state index contributed by atoms with van der Waals surface area (Å²) in [6, 6.07) is 4.14. The van der Waals surface area contributed by atoms with E-state index in [0.717, 1.165) is 10.5 Å².